The quantitative estimate of drug-likeness (QED) is 0.0621. The van der Waals surface area contributed by atoms with Crippen LogP contribution in [0.15, 0.2) is 48.5 Å². The number of carbonyl (C=O) groups excluding carboxylic acids is 4. The second kappa shape index (κ2) is 42.7. The summed E-state index contributed by atoms with van der Waals surface area (Å²) < 4.78 is 76.2. The predicted molar refractivity (Wildman–Crippen MR) is 278 cm³/mol. The molecule has 1 aliphatic rings. The molecule has 3 rings (SSSR count). The van der Waals surface area contributed by atoms with Crippen LogP contribution in [0.25, 0.3) is 11.1 Å². The standard InChI is InChI=1S/C54H87N3O18/c1-54(2,3)75-51(59)16-19-56-52(60)49(57-53(61)74-43-48-46-13-7-5-11-44(46)45-12-6-8-14-47(45)48)15-9-10-18-55-50(58)17-20-63-23-24-65-27-28-67-31-32-69-35-36-71-39-40-73-42-41-72-38-37-70-34-33-68-30-29-66-26-25-64-22-21-62-4/h5-8,11-14,48-49H,9-10,15-43H2,1-4H3,(H,55,58)(H,56,60)(H,57,61)/t49-/m0/s1. The predicted octanol–water partition coefficient (Wildman–Crippen LogP) is 4.25. The van der Waals surface area contributed by atoms with E-state index >= 15 is 0 Å². The van der Waals surface area contributed by atoms with E-state index in [9.17, 15) is 19.2 Å². The molecule has 1 aliphatic carbocycles. The fraction of sp³-hybridized carbons (Fsp3) is 0.704. The minimum atomic E-state index is -0.921. The van der Waals surface area contributed by atoms with Gasteiger partial charge >= 0.3 is 12.1 Å². The van der Waals surface area contributed by atoms with E-state index in [-0.39, 0.29) is 50.8 Å². The average Bonchev–Trinajstić information content (AvgIpc) is 3.71. The number of benzene rings is 2. The molecule has 1 atom stereocenters. The summed E-state index contributed by atoms with van der Waals surface area (Å²) in [4.78, 5) is 51.0. The fourth-order valence-corrected chi connectivity index (χ4v) is 7.25. The van der Waals surface area contributed by atoms with Crippen molar-refractivity contribution in [2.45, 2.75) is 70.4 Å². The average molecular weight is 1070 g/mol. The molecule has 0 aromatic heterocycles. The highest BCUT2D eigenvalue weighted by Crippen LogP contribution is 2.44. The van der Waals surface area contributed by atoms with Crippen molar-refractivity contribution in [2.24, 2.45) is 0 Å². The topological polar surface area (TPSA) is 234 Å². The summed E-state index contributed by atoms with van der Waals surface area (Å²) in [6.45, 7) is 16.5. The largest absolute Gasteiger partial charge is 0.460 e. The van der Waals surface area contributed by atoms with E-state index in [1.54, 1.807) is 27.9 Å². The maximum Gasteiger partial charge on any atom is 0.407 e. The number of alkyl carbamates (subject to hydrolysis) is 1. The molecule has 0 aliphatic heterocycles. The number of hydrogen-bond donors (Lipinski definition) is 3. The van der Waals surface area contributed by atoms with E-state index in [0.717, 1.165) is 22.3 Å². The molecule has 0 saturated heterocycles. The van der Waals surface area contributed by atoms with E-state index < -0.39 is 29.6 Å². The van der Waals surface area contributed by atoms with Crippen molar-refractivity contribution in [1.29, 1.82) is 0 Å². The second-order valence-corrected chi connectivity index (χ2v) is 18.0. The first-order chi connectivity index (χ1) is 36.6. The Bertz CT molecular complexity index is 1760. The molecule has 0 bridgehead atoms. The van der Waals surface area contributed by atoms with E-state index in [1.165, 1.54) is 0 Å². The molecule has 0 heterocycles. The molecule has 426 valence electrons. The van der Waals surface area contributed by atoms with Crippen LogP contribution in [0.4, 0.5) is 4.79 Å². The van der Waals surface area contributed by atoms with Crippen LogP contribution in [-0.2, 0) is 80.7 Å². The minimum Gasteiger partial charge on any atom is -0.460 e. The van der Waals surface area contributed by atoms with Crippen LogP contribution >= 0.6 is 0 Å². The number of amides is 3. The first-order valence-corrected chi connectivity index (χ1v) is 26.3. The van der Waals surface area contributed by atoms with Gasteiger partial charge in [-0.05, 0) is 62.3 Å². The lowest BCUT2D eigenvalue weighted by molar-refractivity contribution is -0.154. The van der Waals surface area contributed by atoms with Gasteiger partial charge in [0, 0.05) is 32.5 Å². The molecular formula is C54H87N3O18. The zero-order chi connectivity index (χ0) is 53.9. The highest BCUT2D eigenvalue weighted by Gasteiger charge is 2.30. The SMILES string of the molecule is COCCOCCOCCOCCOCCOCCOCCOCCOCCOCCOCCOCCC(=O)NCCCC[C@H](NC(=O)OCC1c2ccccc2-c2ccccc21)C(=O)NCCC(=O)OC(C)(C)C. The monoisotopic (exact) mass is 1070 g/mol. The Morgan fingerprint density at radius 1 is 0.493 bits per heavy atom. The molecule has 2 aromatic rings. The maximum absolute atomic E-state index is 13.3. The van der Waals surface area contributed by atoms with Gasteiger partial charge in [-0.2, -0.15) is 0 Å². The molecule has 0 radical (unpaired) electrons. The lowest BCUT2D eigenvalue weighted by Gasteiger charge is -2.21. The molecular weight excluding hydrogens is 979 g/mol. The third-order valence-electron chi connectivity index (χ3n) is 10.9. The van der Waals surface area contributed by atoms with E-state index in [1.807, 2.05) is 36.4 Å². The van der Waals surface area contributed by atoms with Crippen molar-refractivity contribution in [1.82, 2.24) is 16.0 Å². The molecule has 0 unspecified atom stereocenters. The van der Waals surface area contributed by atoms with Gasteiger partial charge in [0.15, 0.2) is 0 Å². The molecule has 75 heavy (non-hydrogen) atoms. The lowest BCUT2D eigenvalue weighted by Crippen LogP contribution is -2.47. The van der Waals surface area contributed by atoms with Gasteiger partial charge in [-0.15, -0.1) is 0 Å². The molecule has 3 N–H and O–H groups in total. The highest BCUT2D eigenvalue weighted by atomic mass is 16.6. The number of hydrogen-bond acceptors (Lipinski definition) is 18. The number of carbonyl (C=O) groups is 4. The first kappa shape index (κ1) is 64.9. The van der Waals surface area contributed by atoms with Gasteiger partial charge in [0.1, 0.15) is 18.2 Å². The van der Waals surface area contributed by atoms with E-state index in [4.69, 9.17) is 66.3 Å². The second-order valence-electron chi connectivity index (χ2n) is 18.0. The van der Waals surface area contributed by atoms with Crippen LogP contribution in [0.3, 0.4) is 0 Å². The summed E-state index contributed by atoms with van der Waals surface area (Å²) in [7, 11) is 1.64. The maximum atomic E-state index is 13.3. The summed E-state index contributed by atoms with van der Waals surface area (Å²) in [5, 5.41) is 8.33. The third-order valence-corrected chi connectivity index (χ3v) is 10.9. The Balaban J connectivity index is 1.09. The summed E-state index contributed by atoms with van der Waals surface area (Å²) >= 11 is 0. The van der Waals surface area contributed by atoms with Gasteiger partial charge in [-0.1, -0.05) is 48.5 Å². The molecule has 0 fully saturated rings. The number of nitrogens with one attached hydrogen (secondary N) is 3. The molecule has 2 aromatic carbocycles. The van der Waals surface area contributed by atoms with Crippen molar-refractivity contribution in [3.05, 3.63) is 59.7 Å². The van der Waals surface area contributed by atoms with Crippen molar-refractivity contribution >= 4 is 23.9 Å². The number of esters is 1. The molecule has 21 nitrogen and oxygen atoms in total. The third kappa shape index (κ3) is 32.7. The van der Waals surface area contributed by atoms with Crippen LogP contribution in [0.2, 0.25) is 0 Å². The number of fused-ring (bicyclic) bond motifs is 3. The number of methoxy groups -OCH3 is 1. The highest BCUT2D eigenvalue weighted by molar-refractivity contribution is 5.86. The molecule has 0 saturated carbocycles. The zero-order valence-corrected chi connectivity index (χ0v) is 45.0. The molecule has 21 heteroatoms. The van der Waals surface area contributed by atoms with E-state index in [2.05, 4.69) is 28.1 Å². The normalized spacial score (nSPS) is 12.5. The van der Waals surface area contributed by atoms with Gasteiger partial charge in [0.05, 0.1) is 158 Å². The Morgan fingerprint density at radius 3 is 1.31 bits per heavy atom. The van der Waals surface area contributed by atoms with Crippen LogP contribution in [0, 0.1) is 0 Å². The van der Waals surface area contributed by atoms with Crippen molar-refractivity contribution < 1.29 is 85.5 Å². The Kier molecular flexibility index (Phi) is 37.0. The van der Waals surface area contributed by atoms with Gasteiger partial charge in [-0.3, -0.25) is 14.4 Å². The summed E-state index contributed by atoms with van der Waals surface area (Å²) in [5.41, 5.74) is 3.72. The van der Waals surface area contributed by atoms with Gasteiger partial charge in [-0.25, -0.2) is 4.79 Å². The Labute approximate surface area is 444 Å². The van der Waals surface area contributed by atoms with Crippen molar-refractivity contribution in [3.8, 4) is 11.1 Å². The fourth-order valence-electron chi connectivity index (χ4n) is 7.25. The zero-order valence-electron chi connectivity index (χ0n) is 45.0. The van der Waals surface area contributed by atoms with E-state index in [0.29, 0.717) is 165 Å². The van der Waals surface area contributed by atoms with Crippen LogP contribution < -0.4 is 16.0 Å². The minimum absolute atomic E-state index is 0.0190. The smallest absolute Gasteiger partial charge is 0.407 e. The van der Waals surface area contributed by atoms with Gasteiger partial charge in [0.2, 0.25) is 11.8 Å². The van der Waals surface area contributed by atoms with Crippen LogP contribution in [0.1, 0.15) is 69.9 Å². The van der Waals surface area contributed by atoms with Crippen molar-refractivity contribution in [2.75, 3.05) is 179 Å². The number of rotatable bonds is 48. The summed E-state index contributed by atoms with van der Waals surface area (Å²) in [6, 6.07) is 15.2. The first-order valence-electron chi connectivity index (χ1n) is 26.3. The number of unbranched alkanes of at least 4 members (excludes halogenated alkanes) is 1. The molecule has 0 spiro atoms. The molecule has 3 amide bonds. The van der Waals surface area contributed by atoms with Crippen LogP contribution in [0.5, 0.6) is 0 Å². The Hall–Kier alpha value is -4.36. The summed E-state index contributed by atoms with van der Waals surface area (Å²) in [5.74, 6) is -1.19. The van der Waals surface area contributed by atoms with Crippen LogP contribution in [-0.4, -0.2) is 214 Å². The lowest BCUT2D eigenvalue weighted by atomic mass is 9.98. The van der Waals surface area contributed by atoms with Gasteiger partial charge < -0.3 is 82.3 Å². The van der Waals surface area contributed by atoms with Gasteiger partial charge in [0.25, 0.3) is 0 Å². The number of ether oxygens (including phenoxy) is 14. The van der Waals surface area contributed by atoms with Crippen molar-refractivity contribution in [3.63, 3.8) is 0 Å². The summed E-state index contributed by atoms with van der Waals surface area (Å²) in [6.07, 6.45) is 0.816. The Morgan fingerprint density at radius 2 is 0.893 bits per heavy atom.